The van der Waals surface area contributed by atoms with Gasteiger partial charge in [-0.3, -0.25) is 0 Å². The van der Waals surface area contributed by atoms with Gasteiger partial charge in [0, 0.05) is 12.1 Å². The maximum Gasteiger partial charge on any atom is 0.119 e. The predicted molar refractivity (Wildman–Crippen MR) is 112 cm³/mol. The van der Waals surface area contributed by atoms with E-state index < -0.39 is 0 Å². The smallest absolute Gasteiger partial charge is 0.119 e. The second-order valence-electron chi connectivity index (χ2n) is 6.15. The van der Waals surface area contributed by atoms with E-state index >= 15 is 0 Å². The van der Waals surface area contributed by atoms with E-state index in [1.165, 1.54) is 11.1 Å². The molecule has 2 nitrogen and oxygen atoms in total. The summed E-state index contributed by atoms with van der Waals surface area (Å²) in [6, 6.07) is 26.7. The molecule has 3 heteroatoms. The highest BCUT2D eigenvalue weighted by atomic mass is 32.1. The Morgan fingerprint density at radius 3 is 2.12 bits per heavy atom. The van der Waals surface area contributed by atoms with Gasteiger partial charge in [-0.2, -0.15) is 0 Å². The molecule has 0 saturated carbocycles. The first kappa shape index (κ1) is 18.2. The first-order valence-corrected chi connectivity index (χ1v) is 9.28. The molecule has 0 bridgehead atoms. The highest BCUT2D eigenvalue weighted by Gasteiger charge is 2.03. The zero-order valence-electron chi connectivity index (χ0n) is 14.9. The number of aryl methyl sites for hydroxylation is 1. The Labute approximate surface area is 160 Å². The zero-order chi connectivity index (χ0) is 18.2. The van der Waals surface area contributed by atoms with Crippen LogP contribution in [-0.2, 0) is 19.6 Å². The highest BCUT2D eigenvalue weighted by molar-refractivity contribution is 7.80. The van der Waals surface area contributed by atoms with Crippen LogP contribution in [0.1, 0.15) is 29.2 Å². The first-order valence-electron chi connectivity index (χ1n) is 8.87. The third kappa shape index (κ3) is 5.17. The highest BCUT2D eigenvalue weighted by Crippen LogP contribution is 2.15. The largest absolute Gasteiger partial charge is 0.489 e. The molecule has 132 valence electrons. The predicted octanol–water partition coefficient (Wildman–Crippen LogP) is 5.29. The Hall–Kier alpha value is -2.65. The van der Waals surface area contributed by atoms with Crippen molar-refractivity contribution < 1.29 is 4.74 Å². The summed E-state index contributed by atoms with van der Waals surface area (Å²) >= 11 is 5.50. The molecule has 0 radical (unpaired) electrons. The van der Waals surface area contributed by atoms with Crippen LogP contribution in [0.2, 0.25) is 0 Å². The standard InChI is InChI=1S/C23H23NOS/c1-2-18-8-10-19(11-9-18)16-24-23(26)21-12-14-22(15-13-21)25-17-20-6-4-3-5-7-20/h3-15H,2,16-17H2,1H3,(H,24,26). The second kappa shape index (κ2) is 9.16. The first-order chi connectivity index (χ1) is 12.7. The van der Waals surface area contributed by atoms with Gasteiger partial charge in [-0.25, -0.2) is 0 Å². The molecule has 3 aromatic carbocycles. The van der Waals surface area contributed by atoms with Crippen molar-refractivity contribution >= 4 is 17.2 Å². The molecule has 0 unspecified atom stereocenters. The average molecular weight is 362 g/mol. The van der Waals surface area contributed by atoms with E-state index in [0.717, 1.165) is 34.8 Å². The van der Waals surface area contributed by atoms with Crippen LogP contribution in [0.3, 0.4) is 0 Å². The van der Waals surface area contributed by atoms with Gasteiger partial charge >= 0.3 is 0 Å². The van der Waals surface area contributed by atoms with Crippen LogP contribution in [0.25, 0.3) is 0 Å². The summed E-state index contributed by atoms with van der Waals surface area (Å²) in [5, 5.41) is 3.32. The van der Waals surface area contributed by atoms with Gasteiger partial charge in [0.2, 0.25) is 0 Å². The van der Waals surface area contributed by atoms with Gasteiger partial charge in [0.15, 0.2) is 0 Å². The summed E-state index contributed by atoms with van der Waals surface area (Å²) in [5.74, 6) is 0.843. The van der Waals surface area contributed by atoms with Crippen LogP contribution in [0, 0.1) is 0 Å². The van der Waals surface area contributed by atoms with Crippen LogP contribution in [0.15, 0.2) is 78.9 Å². The van der Waals surface area contributed by atoms with E-state index in [0.29, 0.717) is 6.61 Å². The Bertz CT molecular complexity index is 826. The molecule has 0 heterocycles. The molecular formula is C23H23NOS. The topological polar surface area (TPSA) is 21.3 Å². The second-order valence-corrected chi connectivity index (χ2v) is 6.56. The van der Waals surface area contributed by atoms with E-state index in [1.54, 1.807) is 0 Å². The fourth-order valence-corrected chi connectivity index (χ4v) is 2.83. The van der Waals surface area contributed by atoms with Crippen molar-refractivity contribution in [2.45, 2.75) is 26.5 Å². The Morgan fingerprint density at radius 2 is 1.46 bits per heavy atom. The van der Waals surface area contributed by atoms with Crippen molar-refractivity contribution in [1.29, 1.82) is 0 Å². The minimum Gasteiger partial charge on any atom is -0.489 e. The molecule has 0 fully saturated rings. The summed E-state index contributed by atoms with van der Waals surface area (Å²) < 4.78 is 5.81. The van der Waals surface area contributed by atoms with E-state index in [-0.39, 0.29) is 0 Å². The number of nitrogens with one attached hydrogen (secondary N) is 1. The number of hydrogen-bond donors (Lipinski definition) is 1. The molecule has 26 heavy (non-hydrogen) atoms. The molecule has 0 spiro atoms. The van der Waals surface area contributed by atoms with E-state index in [9.17, 15) is 0 Å². The average Bonchev–Trinajstić information content (AvgIpc) is 2.72. The van der Waals surface area contributed by atoms with E-state index in [2.05, 4.69) is 48.6 Å². The van der Waals surface area contributed by atoms with Gasteiger partial charge in [0.05, 0.1) is 0 Å². The fraction of sp³-hybridized carbons (Fsp3) is 0.174. The van der Waals surface area contributed by atoms with Gasteiger partial charge in [-0.15, -0.1) is 0 Å². The van der Waals surface area contributed by atoms with Gasteiger partial charge in [0.1, 0.15) is 17.3 Å². The molecular weight excluding hydrogens is 338 g/mol. The maximum absolute atomic E-state index is 5.81. The van der Waals surface area contributed by atoms with Gasteiger partial charge < -0.3 is 10.1 Å². The third-order valence-electron chi connectivity index (χ3n) is 4.25. The lowest BCUT2D eigenvalue weighted by atomic mass is 10.1. The van der Waals surface area contributed by atoms with Crippen LogP contribution >= 0.6 is 12.2 Å². The van der Waals surface area contributed by atoms with Gasteiger partial charge in [0.25, 0.3) is 0 Å². The maximum atomic E-state index is 5.81. The van der Waals surface area contributed by atoms with Gasteiger partial charge in [-0.1, -0.05) is 73.7 Å². The molecule has 1 N–H and O–H groups in total. The van der Waals surface area contributed by atoms with Crippen molar-refractivity contribution in [2.24, 2.45) is 0 Å². The van der Waals surface area contributed by atoms with E-state index in [1.807, 2.05) is 42.5 Å². The minimum atomic E-state index is 0.566. The Morgan fingerprint density at radius 1 is 0.808 bits per heavy atom. The lowest BCUT2D eigenvalue weighted by Gasteiger charge is -2.10. The normalized spacial score (nSPS) is 10.3. The summed E-state index contributed by atoms with van der Waals surface area (Å²) in [7, 11) is 0. The van der Waals surface area contributed by atoms with Crippen LogP contribution < -0.4 is 10.1 Å². The monoisotopic (exact) mass is 361 g/mol. The number of thiocarbonyl (C=S) groups is 1. The third-order valence-corrected chi connectivity index (χ3v) is 4.63. The molecule has 0 aromatic heterocycles. The van der Waals surface area contributed by atoms with Crippen molar-refractivity contribution in [1.82, 2.24) is 5.32 Å². The SMILES string of the molecule is CCc1ccc(CNC(=S)c2ccc(OCc3ccccc3)cc2)cc1. The van der Waals surface area contributed by atoms with Crippen molar-refractivity contribution in [2.75, 3.05) is 0 Å². The number of rotatable bonds is 7. The molecule has 3 aromatic rings. The van der Waals surface area contributed by atoms with Gasteiger partial charge in [-0.05, 0) is 47.4 Å². The quantitative estimate of drug-likeness (QED) is 0.578. The molecule has 3 rings (SSSR count). The Balaban J connectivity index is 1.51. The summed E-state index contributed by atoms with van der Waals surface area (Å²) in [6.07, 6.45) is 1.06. The number of benzene rings is 3. The lowest BCUT2D eigenvalue weighted by molar-refractivity contribution is 0.306. The molecule has 0 amide bonds. The molecule has 0 aliphatic heterocycles. The van der Waals surface area contributed by atoms with Crippen LogP contribution in [0.5, 0.6) is 5.75 Å². The van der Waals surface area contributed by atoms with E-state index in [4.69, 9.17) is 17.0 Å². The summed E-state index contributed by atoms with van der Waals surface area (Å²) in [6.45, 7) is 3.46. The lowest BCUT2D eigenvalue weighted by Crippen LogP contribution is -2.21. The summed E-state index contributed by atoms with van der Waals surface area (Å²) in [4.78, 5) is 0.749. The fourth-order valence-electron chi connectivity index (χ4n) is 2.62. The summed E-state index contributed by atoms with van der Waals surface area (Å²) in [5.41, 5.74) is 4.73. The minimum absolute atomic E-state index is 0.566. The molecule has 0 aliphatic rings. The van der Waals surface area contributed by atoms with Crippen molar-refractivity contribution in [3.05, 3.63) is 101 Å². The molecule has 0 aliphatic carbocycles. The van der Waals surface area contributed by atoms with Crippen molar-refractivity contribution in [3.63, 3.8) is 0 Å². The van der Waals surface area contributed by atoms with Crippen LogP contribution in [-0.4, -0.2) is 4.99 Å². The molecule has 0 saturated heterocycles. The Kier molecular flexibility index (Phi) is 6.39. The van der Waals surface area contributed by atoms with Crippen molar-refractivity contribution in [3.8, 4) is 5.75 Å². The molecule has 0 atom stereocenters. The number of ether oxygens (including phenoxy) is 1. The zero-order valence-corrected chi connectivity index (χ0v) is 15.8. The number of hydrogen-bond acceptors (Lipinski definition) is 2. The van der Waals surface area contributed by atoms with Crippen LogP contribution in [0.4, 0.5) is 0 Å².